The van der Waals surface area contributed by atoms with Crippen molar-refractivity contribution >= 4 is 11.6 Å². The number of rotatable bonds is 3. The Kier molecular flexibility index (Phi) is 3.82. The SMILES string of the molecule is [N-]=[N+]=NCC1CC(=O)N(c2ccc3c(c2)C(O)CCC3)C1. The van der Waals surface area contributed by atoms with E-state index < -0.39 is 6.10 Å². The quantitative estimate of drug-likeness (QED) is 0.526. The Morgan fingerprint density at radius 2 is 2.33 bits per heavy atom. The van der Waals surface area contributed by atoms with Crippen molar-refractivity contribution in [2.45, 2.75) is 31.8 Å². The third kappa shape index (κ3) is 2.73. The fraction of sp³-hybridized carbons (Fsp3) is 0.533. The lowest BCUT2D eigenvalue weighted by molar-refractivity contribution is -0.117. The summed E-state index contributed by atoms with van der Waals surface area (Å²) in [7, 11) is 0. The third-order valence-electron chi connectivity index (χ3n) is 4.33. The Morgan fingerprint density at radius 3 is 3.14 bits per heavy atom. The van der Waals surface area contributed by atoms with Crippen molar-refractivity contribution in [1.29, 1.82) is 0 Å². The summed E-state index contributed by atoms with van der Waals surface area (Å²) in [4.78, 5) is 16.6. The minimum atomic E-state index is -0.426. The van der Waals surface area contributed by atoms with Gasteiger partial charge in [-0.1, -0.05) is 11.2 Å². The highest BCUT2D eigenvalue weighted by molar-refractivity contribution is 5.95. The molecular formula is C15H18N4O2. The zero-order valence-corrected chi connectivity index (χ0v) is 11.8. The number of aliphatic hydroxyl groups is 1. The van der Waals surface area contributed by atoms with Crippen molar-refractivity contribution in [1.82, 2.24) is 0 Å². The van der Waals surface area contributed by atoms with Gasteiger partial charge in [-0.25, -0.2) is 0 Å². The normalized spacial score (nSPS) is 24.6. The molecule has 2 unspecified atom stereocenters. The molecule has 3 rings (SSSR count). The van der Waals surface area contributed by atoms with Crippen LogP contribution in [0.3, 0.4) is 0 Å². The summed E-state index contributed by atoms with van der Waals surface area (Å²) in [6.07, 6.45) is 2.76. The number of amides is 1. The van der Waals surface area contributed by atoms with Crippen LogP contribution in [0.15, 0.2) is 23.3 Å². The highest BCUT2D eigenvalue weighted by Gasteiger charge is 2.31. The average Bonchev–Trinajstić information content (AvgIpc) is 2.86. The number of aryl methyl sites for hydroxylation is 1. The molecule has 6 nitrogen and oxygen atoms in total. The number of hydrogen-bond acceptors (Lipinski definition) is 3. The first-order chi connectivity index (χ1) is 10.2. The van der Waals surface area contributed by atoms with Gasteiger partial charge in [0.25, 0.3) is 0 Å². The lowest BCUT2D eigenvalue weighted by atomic mass is 9.89. The van der Waals surface area contributed by atoms with E-state index in [1.54, 1.807) is 4.90 Å². The topological polar surface area (TPSA) is 89.3 Å². The highest BCUT2D eigenvalue weighted by atomic mass is 16.3. The lowest BCUT2D eigenvalue weighted by Crippen LogP contribution is -2.25. The zero-order chi connectivity index (χ0) is 14.8. The van der Waals surface area contributed by atoms with Gasteiger partial charge in [-0.15, -0.1) is 0 Å². The second kappa shape index (κ2) is 5.76. The Labute approximate surface area is 123 Å². The average molecular weight is 286 g/mol. The largest absolute Gasteiger partial charge is 0.388 e. The summed E-state index contributed by atoms with van der Waals surface area (Å²) in [5, 5.41) is 13.7. The molecule has 0 aromatic heterocycles. The van der Waals surface area contributed by atoms with Gasteiger partial charge in [-0.3, -0.25) is 4.79 Å². The molecule has 1 aromatic rings. The monoisotopic (exact) mass is 286 g/mol. The number of fused-ring (bicyclic) bond motifs is 1. The summed E-state index contributed by atoms with van der Waals surface area (Å²) in [6.45, 7) is 0.930. The predicted octanol–water partition coefficient (Wildman–Crippen LogP) is 2.72. The van der Waals surface area contributed by atoms with E-state index in [9.17, 15) is 9.90 Å². The molecule has 2 aliphatic rings. The first kappa shape index (κ1) is 13.9. The van der Waals surface area contributed by atoms with Gasteiger partial charge in [0.05, 0.1) is 6.10 Å². The molecule has 6 heteroatoms. The summed E-state index contributed by atoms with van der Waals surface area (Å²) in [5.74, 6) is 0.132. The molecule has 1 N–H and O–H groups in total. The van der Waals surface area contributed by atoms with Gasteiger partial charge in [0.1, 0.15) is 0 Å². The van der Waals surface area contributed by atoms with E-state index in [0.717, 1.165) is 30.5 Å². The molecule has 1 heterocycles. The van der Waals surface area contributed by atoms with Crippen LogP contribution in [0, 0.1) is 5.92 Å². The molecule has 21 heavy (non-hydrogen) atoms. The van der Waals surface area contributed by atoms with Crippen molar-refractivity contribution in [3.8, 4) is 0 Å². The van der Waals surface area contributed by atoms with E-state index in [-0.39, 0.29) is 11.8 Å². The van der Waals surface area contributed by atoms with Crippen molar-refractivity contribution in [2.24, 2.45) is 11.0 Å². The van der Waals surface area contributed by atoms with Gasteiger partial charge in [0.15, 0.2) is 0 Å². The number of benzene rings is 1. The molecule has 0 bridgehead atoms. The fourth-order valence-corrected chi connectivity index (χ4v) is 3.23. The molecule has 1 amide bonds. The first-order valence-electron chi connectivity index (χ1n) is 7.31. The van der Waals surface area contributed by atoms with Crippen LogP contribution in [0.4, 0.5) is 5.69 Å². The highest BCUT2D eigenvalue weighted by Crippen LogP contribution is 2.34. The molecule has 0 spiro atoms. The van der Waals surface area contributed by atoms with Crippen molar-refractivity contribution in [3.05, 3.63) is 39.8 Å². The van der Waals surface area contributed by atoms with Crippen LogP contribution >= 0.6 is 0 Å². The molecule has 1 aromatic carbocycles. The van der Waals surface area contributed by atoms with Crippen molar-refractivity contribution in [3.63, 3.8) is 0 Å². The molecule has 0 radical (unpaired) electrons. The van der Waals surface area contributed by atoms with E-state index >= 15 is 0 Å². The maximum absolute atomic E-state index is 12.1. The Balaban J connectivity index is 1.82. The second-order valence-electron chi connectivity index (χ2n) is 5.78. The maximum atomic E-state index is 12.1. The van der Waals surface area contributed by atoms with Crippen LogP contribution in [0.2, 0.25) is 0 Å². The number of carbonyl (C=O) groups excluding carboxylic acids is 1. The first-order valence-corrected chi connectivity index (χ1v) is 7.31. The predicted molar refractivity (Wildman–Crippen MR) is 78.8 cm³/mol. The van der Waals surface area contributed by atoms with Gasteiger partial charge in [0, 0.05) is 30.1 Å². The summed E-state index contributed by atoms with van der Waals surface area (Å²) >= 11 is 0. The van der Waals surface area contributed by atoms with Crippen LogP contribution in [0.25, 0.3) is 10.4 Å². The minimum absolute atomic E-state index is 0.0541. The summed E-state index contributed by atoms with van der Waals surface area (Å²) < 4.78 is 0. The van der Waals surface area contributed by atoms with Crippen molar-refractivity contribution in [2.75, 3.05) is 18.0 Å². The molecule has 1 aliphatic carbocycles. The number of anilines is 1. The maximum Gasteiger partial charge on any atom is 0.227 e. The van der Waals surface area contributed by atoms with E-state index in [0.29, 0.717) is 19.5 Å². The van der Waals surface area contributed by atoms with E-state index in [4.69, 9.17) is 5.53 Å². The molecular weight excluding hydrogens is 268 g/mol. The smallest absolute Gasteiger partial charge is 0.227 e. The third-order valence-corrected chi connectivity index (χ3v) is 4.33. The Hall–Kier alpha value is -2.04. The Morgan fingerprint density at radius 1 is 1.48 bits per heavy atom. The van der Waals surface area contributed by atoms with Crippen LogP contribution < -0.4 is 4.90 Å². The number of carbonyl (C=O) groups is 1. The van der Waals surface area contributed by atoms with Gasteiger partial charge in [-0.05, 0) is 54.0 Å². The molecule has 1 aliphatic heterocycles. The summed E-state index contributed by atoms with van der Waals surface area (Å²) in [6, 6.07) is 5.90. The van der Waals surface area contributed by atoms with Gasteiger partial charge in [-0.2, -0.15) is 0 Å². The minimum Gasteiger partial charge on any atom is -0.388 e. The molecule has 0 saturated carbocycles. The van der Waals surface area contributed by atoms with Gasteiger partial charge < -0.3 is 10.0 Å². The zero-order valence-electron chi connectivity index (χ0n) is 11.8. The number of hydrogen-bond donors (Lipinski definition) is 1. The van der Waals surface area contributed by atoms with E-state index in [2.05, 4.69) is 10.0 Å². The van der Waals surface area contributed by atoms with Gasteiger partial charge >= 0.3 is 0 Å². The van der Waals surface area contributed by atoms with Crippen molar-refractivity contribution < 1.29 is 9.90 Å². The lowest BCUT2D eigenvalue weighted by Gasteiger charge is -2.24. The molecule has 1 saturated heterocycles. The fourth-order valence-electron chi connectivity index (χ4n) is 3.23. The van der Waals surface area contributed by atoms with E-state index in [1.165, 1.54) is 5.56 Å². The molecule has 2 atom stereocenters. The Bertz CT molecular complexity index is 610. The summed E-state index contributed by atoms with van der Waals surface area (Å²) in [5.41, 5.74) is 11.3. The van der Waals surface area contributed by atoms with Crippen LogP contribution in [-0.4, -0.2) is 24.1 Å². The number of azide groups is 1. The van der Waals surface area contributed by atoms with Crippen LogP contribution in [-0.2, 0) is 11.2 Å². The standard InChI is InChI=1S/C15H18N4O2/c16-18-17-8-10-6-15(21)19(9-10)12-5-4-11-2-1-3-14(20)13(11)7-12/h4-5,7,10,14,20H,1-3,6,8-9H2. The second-order valence-corrected chi connectivity index (χ2v) is 5.78. The van der Waals surface area contributed by atoms with Crippen LogP contribution in [0.5, 0.6) is 0 Å². The van der Waals surface area contributed by atoms with Gasteiger partial charge in [0.2, 0.25) is 5.91 Å². The number of aliphatic hydroxyl groups excluding tert-OH is 1. The molecule has 1 fully saturated rings. The van der Waals surface area contributed by atoms with E-state index in [1.807, 2.05) is 18.2 Å². The number of nitrogens with zero attached hydrogens (tertiary/aromatic N) is 4. The van der Waals surface area contributed by atoms with Crippen LogP contribution in [0.1, 0.15) is 36.5 Å². The molecule has 110 valence electrons.